The third-order valence-electron chi connectivity index (χ3n) is 7.53. The number of nitriles is 1. The van der Waals surface area contributed by atoms with Gasteiger partial charge in [-0.05, 0) is 31.3 Å². The van der Waals surface area contributed by atoms with E-state index in [1.807, 2.05) is 29.2 Å². The second kappa shape index (κ2) is 7.29. The fourth-order valence-corrected chi connectivity index (χ4v) is 6.03. The van der Waals surface area contributed by atoms with Crippen LogP contribution >= 0.6 is 0 Å². The van der Waals surface area contributed by atoms with Gasteiger partial charge in [-0.3, -0.25) is 14.5 Å². The maximum absolute atomic E-state index is 14.7. The van der Waals surface area contributed by atoms with E-state index in [1.165, 1.54) is 0 Å². The lowest BCUT2D eigenvalue weighted by Crippen LogP contribution is -2.58. The van der Waals surface area contributed by atoms with Crippen molar-refractivity contribution in [3.8, 4) is 11.8 Å². The van der Waals surface area contributed by atoms with E-state index in [1.54, 1.807) is 50.9 Å². The molecule has 1 amide bonds. The summed E-state index contributed by atoms with van der Waals surface area (Å²) in [5.74, 6) is -0.465. The largest absolute Gasteiger partial charge is 0.497 e. The van der Waals surface area contributed by atoms with Crippen LogP contribution in [0.25, 0.3) is 10.9 Å². The zero-order chi connectivity index (χ0) is 24.4. The second-order valence-electron chi connectivity index (χ2n) is 8.98. The number of benzene rings is 2. The molecule has 1 saturated heterocycles. The number of rotatable bonds is 4. The van der Waals surface area contributed by atoms with Crippen molar-refractivity contribution in [1.82, 2.24) is 19.9 Å². The van der Waals surface area contributed by atoms with Crippen molar-refractivity contribution in [2.75, 3.05) is 26.0 Å². The Hall–Kier alpha value is -4.42. The van der Waals surface area contributed by atoms with Crippen LogP contribution in [0.3, 0.4) is 0 Å². The number of hydrogen-bond donors (Lipinski definition) is 3. The van der Waals surface area contributed by atoms with Crippen LogP contribution in [0.5, 0.6) is 5.75 Å². The number of fused-ring (bicyclic) bond motifs is 3. The molecule has 3 N–H and O–H groups in total. The maximum atomic E-state index is 14.7. The normalized spacial score (nSPS) is 25.5. The highest BCUT2D eigenvalue weighted by Gasteiger charge is 2.75. The first-order chi connectivity index (χ1) is 17.0. The van der Waals surface area contributed by atoms with Gasteiger partial charge in [-0.2, -0.15) is 5.26 Å². The molecule has 174 valence electrons. The van der Waals surface area contributed by atoms with Gasteiger partial charge < -0.3 is 20.0 Å². The SMILES string of the molecule is COc1ccc2[nH]cc(C(=O)[C@]3(C#N)[C@@H](c4ncc[nH]4)CN(C)[C@]34C(=O)Nc3ccccc34)c2c1. The molecule has 9 nitrogen and oxygen atoms in total. The van der Waals surface area contributed by atoms with Crippen LogP contribution in [0.2, 0.25) is 0 Å². The molecule has 0 bridgehead atoms. The zero-order valence-electron chi connectivity index (χ0n) is 19.1. The molecule has 0 radical (unpaired) electrons. The molecule has 0 unspecified atom stereocenters. The number of H-pyrrole nitrogens is 2. The summed E-state index contributed by atoms with van der Waals surface area (Å²) in [6.45, 7) is 0.278. The van der Waals surface area contributed by atoms with Gasteiger partial charge in [0.15, 0.2) is 16.7 Å². The number of likely N-dealkylation sites (tertiary alicyclic amines) is 1. The molecule has 2 aromatic heterocycles. The van der Waals surface area contributed by atoms with Crippen LogP contribution in [-0.2, 0) is 10.3 Å². The van der Waals surface area contributed by atoms with Gasteiger partial charge in [-0.15, -0.1) is 0 Å². The van der Waals surface area contributed by atoms with Crippen molar-refractivity contribution >= 4 is 28.3 Å². The van der Waals surface area contributed by atoms with Crippen molar-refractivity contribution in [3.63, 3.8) is 0 Å². The van der Waals surface area contributed by atoms with Gasteiger partial charge in [0.05, 0.1) is 19.1 Å². The highest BCUT2D eigenvalue weighted by atomic mass is 16.5. The Morgan fingerprint density at radius 2 is 2.09 bits per heavy atom. The van der Waals surface area contributed by atoms with E-state index < -0.39 is 28.6 Å². The lowest BCUT2D eigenvalue weighted by Gasteiger charge is -2.40. The molecule has 1 spiro atoms. The summed E-state index contributed by atoms with van der Waals surface area (Å²) < 4.78 is 5.38. The van der Waals surface area contributed by atoms with Crippen LogP contribution in [0.4, 0.5) is 5.69 Å². The summed E-state index contributed by atoms with van der Waals surface area (Å²) in [5.41, 5.74) is -1.10. The Morgan fingerprint density at radius 1 is 1.26 bits per heavy atom. The first kappa shape index (κ1) is 21.1. The number of hydrogen-bond acceptors (Lipinski definition) is 6. The topological polar surface area (TPSA) is 127 Å². The predicted octanol–water partition coefficient (Wildman–Crippen LogP) is 3.17. The average molecular weight is 467 g/mol. The van der Waals surface area contributed by atoms with E-state index >= 15 is 0 Å². The lowest BCUT2D eigenvalue weighted by atomic mass is 9.59. The standard InChI is InChI=1S/C26H22N6O3/c1-32-13-19(23-28-9-10-29-23)25(14-27,26(32)18-5-3-4-6-21(18)31-24(26)34)22(33)17-12-30-20-8-7-15(35-2)11-16(17)20/h3-12,19,30H,13H2,1-2H3,(H,28,29)(H,31,34)/t19-,25+,26-/m1/s1. The van der Waals surface area contributed by atoms with Gasteiger partial charge in [0.1, 0.15) is 11.6 Å². The Labute approximate surface area is 200 Å². The number of para-hydroxylation sites is 1. The molecule has 2 aliphatic rings. The van der Waals surface area contributed by atoms with Gasteiger partial charge in [0, 0.05) is 52.9 Å². The molecule has 4 aromatic rings. The van der Waals surface area contributed by atoms with Gasteiger partial charge >= 0.3 is 0 Å². The third kappa shape index (κ3) is 2.46. The summed E-state index contributed by atoms with van der Waals surface area (Å²) in [7, 11) is 3.34. The monoisotopic (exact) mass is 466 g/mol. The number of ketones is 1. The molecular weight excluding hydrogens is 444 g/mol. The van der Waals surface area contributed by atoms with Crippen molar-refractivity contribution in [1.29, 1.82) is 5.26 Å². The predicted molar refractivity (Wildman–Crippen MR) is 128 cm³/mol. The quantitative estimate of drug-likeness (QED) is 0.397. The fourth-order valence-electron chi connectivity index (χ4n) is 6.03. The number of aromatic amines is 2. The number of carbonyl (C=O) groups excluding carboxylic acids is 2. The van der Waals surface area contributed by atoms with Crippen molar-refractivity contribution in [2.24, 2.45) is 5.41 Å². The van der Waals surface area contributed by atoms with Crippen molar-refractivity contribution < 1.29 is 14.3 Å². The smallest absolute Gasteiger partial charge is 0.251 e. The lowest BCUT2D eigenvalue weighted by molar-refractivity contribution is -0.128. The number of anilines is 1. The molecule has 35 heavy (non-hydrogen) atoms. The number of Topliss-reactive ketones (excluding diaryl/α,β-unsaturated/α-hetero) is 1. The van der Waals surface area contributed by atoms with Crippen LogP contribution in [-0.4, -0.2) is 52.2 Å². The molecule has 0 aliphatic carbocycles. The summed E-state index contributed by atoms with van der Waals surface area (Å²) in [6.07, 6.45) is 4.85. The Balaban J connectivity index is 1.67. The second-order valence-corrected chi connectivity index (χ2v) is 8.98. The molecule has 1 fully saturated rings. The minimum absolute atomic E-state index is 0.278. The van der Waals surface area contributed by atoms with E-state index in [2.05, 4.69) is 26.3 Å². The van der Waals surface area contributed by atoms with Crippen molar-refractivity contribution in [3.05, 3.63) is 78.0 Å². The number of aromatic nitrogens is 3. The number of imidazole rings is 1. The molecular formula is C26H22N6O3. The first-order valence-electron chi connectivity index (χ1n) is 11.2. The van der Waals surface area contributed by atoms with E-state index in [4.69, 9.17) is 4.74 Å². The van der Waals surface area contributed by atoms with Crippen LogP contribution in [0, 0.1) is 16.7 Å². The number of nitrogens with one attached hydrogen (secondary N) is 3. The molecule has 4 heterocycles. The minimum atomic E-state index is -1.81. The number of ether oxygens (including phenoxy) is 1. The molecule has 3 atom stereocenters. The van der Waals surface area contributed by atoms with Crippen molar-refractivity contribution in [2.45, 2.75) is 11.5 Å². The summed E-state index contributed by atoms with van der Waals surface area (Å²) in [5, 5.41) is 14.5. The number of nitrogens with zero attached hydrogens (tertiary/aromatic N) is 3. The van der Waals surface area contributed by atoms with Crippen LogP contribution < -0.4 is 10.1 Å². The number of methoxy groups -OCH3 is 1. The van der Waals surface area contributed by atoms with E-state index in [-0.39, 0.29) is 6.54 Å². The third-order valence-corrected chi connectivity index (χ3v) is 7.53. The minimum Gasteiger partial charge on any atom is -0.497 e. The maximum Gasteiger partial charge on any atom is 0.251 e. The van der Waals surface area contributed by atoms with Gasteiger partial charge in [-0.1, -0.05) is 18.2 Å². The Morgan fingerprint density at radius 3 is 2.83 bits per heavy atom. The van der Waals surface area contributed by atoms with E-state index in [0.29, 0.717) is 33.8 Å². The van der Waals surface area contributed by atoms with E-state index in [9.17, 15) is 14.9 Å². The van der Waals surface area contributed by atoms with Gasteiger partial charge in [0.25, 0.3) is 5.91 Å². The number of amides is 1. The van der Waals surface area contributed by atoms with Gasteiger partial charge in [-0.25, -0.2) is 4.98 Å². The first-order valence-corrected chi connectivity index (χ1v) is 11.2. The Bertz CT molecular complexity index is 1530. The Kier molecular flexibility index (Phi) is 4.40. The summed E-state index contributed by atoms with van der Waals surface area (Å²) >= 11 is 0. The van der Waals surface area contributed by atoms with Crippen LogP contribution in [0.15, 0.2) is 61.1 Å². The number of carbonyl (C=O) groups is 2. The zero-order valence-corrected chi connectivity index (χ0v) is 19.1. The average Bonchev–Trinajstić information content (AvgIpc) is 3.64. The van der Waals surface area contributed by atoms with Gasteiger partial charge in [0.2, 0.25) is 0 Å². The molecule has 9 heteroatoms. The highest BCUT2D eigenvalue weighted by Crippen LogP contribution is 2.62. The molecule has 2 aliphatic heterocycles. The summed E-state index contributed by atoms with van der Waals surface area (Å²) in [6, 6.07) is 15.0. The highest BCUT2D eigenvalue weighted by molar-refractivity contribution is 6.19. The summed E-state index contributed by atoms with van der Waals surface area (Å²) in [4.78, 5) is 41.0. The number of likely N-dealkylation sites (N-methyl/N-ethyl adjacent to an activating group) is 1. The fraction of sp³-hybridized carbons (Fsp3) is 0.231. The van der Waals surface area contributed by atoms with E-state index in [0.717, 1.165) is 5.52 Å². The molecule has 6 rings (SSSR count). The molecule has 2 aromatic carbocycles. The van der Waals surface area contributed by atoms with Crippen LogP contribution in [0.1, 0.15) is 27.7 Å². The molecule has 0 saturated carbocycles.